The highest BCUT2D eigenvalue weighted by Gasteiger charge is 2.16. The van der Waals surface area contributed by atoms with E-state index in [2.05, 4.69) is 30.7 Å². The van der Waals surface area contributed by atoms with E-state index in [1.165, 1.54) is 6.33 Å². The molecule has 9 heteroatoms. The number of rotatable bonds is 1. The van der Waals surface area contributed by atoms with Crippen molar-refractivity contribution >= 4 is 23.4 Å². The summed E-state index contributed by atoms with van der Waals surface area (Å²) >= 11 is 0. The molecule has 98 valence electrons. The number of imidazole rings is 1. The predicted octanol–water partition coefficient (Wildman–Crippen LogP) is -0.581. The van der Waals surface area contributed by atoms with Crippen molar-refractivity contribution < 1.29 is 10.0 Å². The number of fused-ring (bicyclic) bond motifs is 1. The highest BCUT2D eigenvalue weighted by molar-refractivity contribution is 5.97. The van der Waals surface area contributed by atoms with Crippen molar-refractivity contribution in [3.05, 3.63) is 30.6 Å². The van der Waals surface area contributed by atoms with Crippen LogP contribution in [-0.2, 0) is 4.79 Å². The van der Waals surface area contributed by atoms with Gasteiger partial charge in [-0.15, -0.1) is 0 Å². The molecule has 0 atom stereocenters. The highest BCUT2D eigenvalue weighted by Crippen LogP contribution is 2.10. The van der Waals surface area contributed by atoms with Gasteiger partial charge in [-0.3, -0.25) is 10.0 Å². The van der Waals surface area contributed by atoms with Crippen LogP contribution >= 0.6 is 0 Å². The van der Waals surface area contributed by atoms with Gasteiger partial charge in [0.25, 0.3) is 0 Å². The van der Waals surface area contributed by atoms with Gasteiger partial charge in [0.1, 0.15) is 11.8 Å². The van der Waals surface area contributed by atoms with Crippen LogP contribution in [0.1, 0.15) is 5.82 Å². The molecule has 0 fully saturated rings. The fourth-order valence-corrected chi connectivity index (χ4v) is 1.47. The summed E-state index contributed by atoms with van der Waals surface area (Å²) < 4.78 is 0. The molecular formula is C10H11N7O2. The van der Waals surface area contributed by atoms with Crippen LogP contribution < -0.4 is 5.73 Å². The molecule has 19 heavy (non-hydrogen) atoms. The number of nitrogens with zero attached hydrogens (tertiary/aromatic N) is 5. The molecule has 1 aliphatic rings. The topological polar surface area (TPSA) is 133 Å². The van der Waals surface area contributed by atoms with Crippen LogP contribution in [0.4, 0.5) is 0 Å². The fourth-order valence-electron chi connectivity index (χ4n) is 1.47. The Kier molecular flexibility index (Phi) is 3.78. The van der Waals surface area contributed by atoms with E-state index in [-0.39, 0.29) is 6.41 Å². The molecule has 2 aromatic rings. The van der Waals surface area contributed by atoms with Crippen molar-refractivity contribution in [3.63, 3.8) is 0 Å². The smallest absolute Gasteiger partial charge is 0.204 e. The lowest BCUT2D eigenvalue weighted by Gasteiger charge is -2.17. The van der Waals surface area contributed by atoms with Crippen molar-refractivity contribution in [1.29, 1.82) is 0 Å². The van der Waals surface area contributed by atoms with Crippen LogP contribution in [0.25, 0.3) is 11.2 Å². The molecule has 0 aliphatic carbocycles. The van der Waals surface area contributed by atoms with Crippen LogP contribution in [-0.4, -0.2) is 49.0 Å². The van der Waals surface area contributed by atoms with Crippen LogP contribution in [0.5, 0.6) is 0 Å². The van der Waals surface area contributed by atoms with Crippen molar-refractivity contribution in [2.24, 2.45) is 10.7 Å². The van der Waals surface area contributed by atoms with Crippen LogP contribution in [0.2, 0.25) is 0 Å². The molecule has 0 unspecified atom stereocenters. The average Bonchev–Trinajstić information content (AvgIpc) is 2.83. The highest BCUT2D eigenvalue weighted by atomic mass is 16.5. The van der Waals surface area contributed by atoms with Gasteiger partial charge in [-0.2, -0.15) is 0 Å². The summed E-state index contributed by atoms with van der Waals surface area (Å²) in [7, 11) is 0. The third-order valence-corrected chi connectivity index (χ3v) is 2.20. The first kappa shape index (κ1) is 12.6. The molecule has 1 aliphatic heterocycles. The Balaban J connectivity index is 0.000000408. The molecule has 0 bridgehead atoms. The van der Waals surface area contributed by atoms with Gasteiger partial charge in [0, 0.05) is 6.20 Å². The Morgan fingerprint density at radius 2 is 2.32 bits per heavy atom. The number of aliphatic imine (C=N–C) groups is 1. The number of hydrogen-bond acceptors (Lipinski definition) is 7. The summed E-state index contributed by atoms with van der Waals surface area (Å²) in [5, 5.41) is 10.6. The zero-order valence-electron chi connectivity index (χ0n) is 9.76. The first-order chi connectivity index (χ1) is 9.26. The summed E-state index contributed by atoms with van der Waals surface area (Å²) in [6.07, 6.45) is 6.67. The lowest BCUT2D eigenvalue weighted by atomic mass is 10.4. The third kappa shape index (κ3) is 2.72. The minimum atomic E-state index is 0.250. The maximum atomic E-state index is 9.60. The van der Waals surface area contributed by atoms with E-state index in [0.717, 1.165) is 5.06 Å². The summed E-state index contributed by atoms with van der Waals surface area (Å²) in [5.41, 5.74) is 5.43. The minimum Gasteiger partial charge on any atom is -0.372 e. The number of carbonyl (C=O) groups is 1. The number of H-pyrrole nitrogens is 1. The maximum Gasteiger partial charge on any atom is 0.204 e. The lowest BCUT2D eigenvalue weighted by Crippen LogP contribution is -2.30. The van der Waals surface area contributed by atoms with Gasteiger partial charge in [-0.25, -0.2) is 25.0 Å². The number of amidine groups is 1. The number of nitrogens with one attached hydrogen (secondary N) is 1. The van der Waals surface area contributed by atoms with E-state index >= 15 is 0 Å². The monoisotopic (exact) mass is 261 g/mol. The number of aromatic amines is 1. The maximum absolute atomic E-state index is 9.60. The molecule has 0 spiro atoms. The van der Waals surface area contributed by atoms with E-state index in [1.807, 2.05) is 0 Å². The largest absolute Gasteiger partial charge is 0.372 e. The van der Waals surface area contributed by atoms with E-state index in [1.54, 1.807) is 18.5 Å². The van der Waals surface area contributed by atoms with Crippen molar-refractivity contribution in [2.75, 3.05) is 6.54 Å². The molecule has 0 saturated heterocycles. The van der Waals surface area contributed by atoms with Gasteiger partial charge < -0.3 is 10.7 Å². The van der Waals surface area contributed by atoms with Crippen LogP contribution in [0.3, 0.4) is 0 Å². The molecule has 2 aromatic heterocycles. The van der Waals surface area contributed by atoms with E-state index < -0.39 is 0 Å². The Morgan fingerprint density at radius 3 is 3.00 bits per heavy atom. The summed E-state index contributed by atoms with van der Waals surface area (Å²) in [4.78, 5) is 27.7. The normalized spacial score (nSPS) is 13.7. The summed E-state index contributed by atoms with van der Waals surface area (Å²) in [5.74, 6) is 0.850. The third-order valence-electron chi connectivity index (χ3n) is 2.20. The number of hydroxylamine groups is 2. The number of hydrogen-bond donors (Lipinski definition) is 3. The number of carbonyl (C=O) groups excluding carboxylic acids is 1. The number of nitrogens with two attached hydrogens (primary N) is 1. The standard InChI is InChI=1S/C9H8N6O.CH3NO/c16-15-3-1-2-11-9(15)8-13-6-4-10-5-12-7(6)14-8;2-1-3/h1-2,4-5,16H,3H2,(H,10,12,13,14);1H,(H2,2,3). The Labute approximate surface area is 107 Å². The van der Waals surface area contributed by atoms with Gasteiger partial charge in [0.05, 0.1) is 12.7 Å². The molecule has 3 rings (SSSR count). The van der Waals surface area contributed by atoms with Gasteiger partial charge in [-0.05, 0) is 6.08 Å². The number of aromatic nitrogens is 4. The SMILES string of the molecule is NC=O.ON1CC=CN=C1c1nc2ncncc2[nH]1. The van der Waals surface area contributed by atoms with Crippen LogP contribution in [0, 0.1) is 0 Å². The second kappa shape index (κ2) is 5.69. The Bertz CT molecular complexity index is 601. The first-order valence-corrected chi connectivity index (χ1v) is 5.27. The van der Waals surface area contributed by atoms with E-state index in [4.69, 9.17) is 4.79 Å². The molecule has 4 N–H and O–H groups in total. The molecule has 0 aromatic carbocycles. The molecule has 3 heterocycles. The lowest BCUT2D eigenvalue weighted by molar-refractivity contribution is -0.106. The van der Waals surface area contributed by atoms with Gasteiger partial charge in [0.15, 0.2) is 17.3 Å². The zero-order valence-corrected chi connectivity index (χ0v) is 9.76. The quantitative estimate of drug-likeness (QED) is 0.588. The van der Waals surface area contributed by atoms with Crippen molar-refractivity contribution in [1.82, 2.24) is 25.0 Å². The second-order valence-electron chi connectivity index (χ2n) is 3.40. The van der Waals surface area contributed by atoms with Crippen molar-refractivity contribution in [3.8, 4) is 0 Å². The summed E-state index contributed by atoms with van der Waals surface area (Å²) in [6, 6.07) is 0. The van der Waals surface area contributed by atoms with Gasteiger partial charge >= 0.3 is 0 Å². The Morgan fingerprint density at radius 1 is 1.53 bits per heavy atom. The van der Waals surface area contributed by atoms with Gasteiger partial charge in [-0.1, -0.05) is 0 Å². The molecular weight excluding hydrogens is 250 g/mol. The zero-order chi connectivity index (χ0) is 13.7. The Hall–Kier alpha value is -2.81. The molecule has 1 amide bonds. The molecule has 9 nitrogen and oxygen atoms in total. The second-order valence-corrected chi connectivity index (χ2v) is 3.40. The summed E-state index contributed by atoms with van der Waals surface area (Å²) in [6.45, 7) is 0.390. The van der Waals surface area contributed by atoms with Gasteiger partial charge in [0.2, 0.25) is 6.41 Å². The van der Waals surface area contributed by atoms with E-state index in [9.17, 15) is 5.21 Å². The number of amides is 1. The fraction of sp³-hybridized carbons (Fsp3) is 0.100. The van der Waals surface area contributed by atoms with Crippen LogP contribution in [0.15, 0.2) is 29.8 Å². The minimum absolute atomic E-state index is 0.250. The predicted molar refractivity (Wildman–Crippen MR) is 66.1 cm³/mol. The first-order valence-electron chi connectivity index (χ1n) is 5.27. The molecule has 0 radical (unpaired) electrons. The van der Waals surface area contributed by atoms with Crippen molar-refractivity contribution in [2.45, 2.75) is 0 Å². The van der Waals surface area contributed by atoms with E-state index in [0.29, 0.717) is 29.4 Å². The number of primary amides is 1. The average molecular weight is 261 g/mol. The molecule has 0 saturated carbocycles.